The van der Waals surface area contributed by atoms with E-state index in [0.29, 0.717) is 24.4 Å². The molecule has 2 aromatic carbocycles. The number of sulfonamides is 1. The van der Waals surface area contributed by atoms with Crippen LogP contribution in [0, 0.1) is 0 Å². The molecule has 0 fully saturated rings. The van der Waals surface area contributed by atoms with Crippen LogP contribution in [0.5, 0.6) is 11.5 Å². The molecule has 2 aromatic rings. The highest BCUT2D eigenvalue weighted by Crippen LogP contribution is 2.22. The maximum Gasteiger partial charge on any atom is 0.240 e. The molecule has 0 aliphatic heterocycles. The number of hydrogen-bond acceptors (Lipinski definition) is 5. The summed E-state index contributed by atoms with van der Waals surface area (Å²) in [6, 6.07) is 14.1. The molecule has 0 spiro atoms. The molecule has 1 N–H and O–H groups in total. The number of hydrogen-bond donors (Lipinski definition) is 1. The van der Waals surface area contributed by atoms with Crippen molar-refractivity contribution in [3.8, 4) is 11.5 Å². The number of anilines is 1. The lowest BCUT2D eigenvalue weighted by molar-refractivity contribution is -0.119. The second-order valence-electron chi connectivity index (χ2n) is 5.92. The van der Waals surface area contributed by atoms with Crippen molar-refractivity contribution in [1.29, 1.82) is 0 Å². The number of nitrogens with one attached hydrogen (secondary N) is 1. The zero-order valence-electron chi connectivity index (χ0n) is 15.6. The van der Waals surface area contributed by atoms with Gasteiger partial charge in [0.05, 0.1) is 26.2 Å². The number of carbonyl (C=O) groups is 1. The summed E-state index contributed by atoms with van der Waals surface area (Å²) in [7, 11) is -0.532. The van der Waals surface area contributed by atoms with Crippen LogP contribution in [0.1, 0.15) is 5.56 Å². The first kappa shape index (κ1) is 20.6. The molecule has 27 heavy (non-hydrogen) atoms. The van der Waals surface area contributed by atoms with Crippen LogP contribution in [0.15, 0.2) is 48.5 Å². The Morgan fingerprint density at radius 3 is 2.30 bits per heavy atom. The quantitative estimate of drug-likeness (QED) is 0.704. The van der Waals surface area contributed by atoms with Gasteiger partial charge in [0.1, 0.15) is 18.0 Å². The summed E-state index contributed by atoms with van der Waals surface area (Å²) in [4.78, 5) is 12.3. The minimum atomic E-state index is -3.62. The number of amides is 1. The van der Waals surface area contributed by atoms with E-state index in [1.54, 1.807) is 31.4 Å². The van der Waals surface area contributed by atoms with E-state index in [4.69, 9.17) is 9.47 Å². The number of carbonyl (C=O) groups excluding carboxylic acids is 1. The molecule has 8 heteroatoms. The number of rotatable bonds is 9. The molecule has 1 amide bonds. The molecule has 0 saturated carbocycles. The Balaban J connectivity index is 1.99. The Bertz CT molecular complexity index is 883. The van der Waals surface area contributed by atoms with Gasteiger partial charge in [0.25, 0.3) is 0 Å². The summed E-state index contributed by atoms with van der Waals surface area (Å²) >= 11 is 0. The first-order chi connectivity index (χ1) is 12.8. The van der Waals surface area contributed by atoms with Gasteiger partial charge in [-0.1, -0.05) is 18.2 Å². The number of ether oxygens (including phenoxy) is 2. The third kappa shape index (κ3) is 6.18. The van der Waals surface area contributed by atoms with Crippen molar-refractivity contribution in [2.45, 2.75) is 6.42 Å². The fourth-order valence-corrected chi connectivity index (χ4v) is 3.37. The van der Waals surface area contributed by atoms with E-state index in [9.17, 15) is 13.2 Å². The predicted molar refractivity (Wildman–Crippen MR) is 105 cm³/mol. The fourth-order valence-electron chi connectivity index (χ4n) is 2.53. The highest BCUT2D eigenvalue weighted by Gasteiger charge is 2.21. The minimum Gasteiger partial charge on any atom is -0.497 e. The molecule has 0 aliphatic carbocycles. The monoisotopic (exact) mass is 392 g/mol. The maximum absolute atomic E-state index is 12.3. The molecule has 2 rings (SSSR count). The van der Waals surface area contributed by atoms with E-state index < -0.39 is 10.0 Å². The molecular weight excluding hydrogens is 368 g/mol. The van der Waals surface area contributed by atoms with E-state index in [-0.39, 0.29) is 12.5 Å². The summed E-state index contributed by atoms with van der Waals surface area (Å²) in [5.74, 6) is 0.880. The zero-order chi connectivity index (χ0) is 19.9. The Labute approximate surface area is 160 Å². The normalized spacial score (nSPS) is 10.9. The Morgan fingerprint density at radius 1 is 1.04 bits per heavy atom. The number of methoxy groups -OCH3 is 2. The van der Waals surface area contributed by atoms with E-state index >= 15 is 0 Å². The zero-order valence-corrected chi connectivity index (χ0v) is 16.5. The van der Waals surface area contributed by atoms with Gasteiger partial charge in [-0.05, 0) is 36.2 Å². The van der Waals surface area contributed by atoms with Gasteiger partial charge in [-0.2, -0.15) is 0 Å². The van der Waals surface area contributed by atoms with Gasteiger partial charge < -0.3 is 14.8 Å². The van der Waals surface area contributed by atoms with Crippen LogP contribution in [0.4, 0.5) is 5.69 Å². The van der Waals surface area contributed by atoms with Crippen molar-refractivity contribution in [2.75, 3.05) is 37.9 Å². The third-order valence-corrected chi connectivity index (χ3v) is 5.04. The summed E-state index contributed by atoms with van der Waals surface area (Å²) in [6.07, 6.45) is 1.68. The second kappa shape index (κ2) is 9.27. The molecule has 0 aliphatic rings. The highest BCUT2D eigenvalue weighted by atomic mass is 32.2. The molecule has 0 bridgehead atoms. The van der Waals surface area contributed by atoms with E-state index in [2.05, 4.69) is 5.32 Å². The molecule has 0 unspecified atom stereocenters. The number of benzene rings is 2. The summed E-state index contributed by atoms with van der Waals surface area (Å²) in [5.41, 5.74) is 1.39. The SMILES string of the molecule is COc1cccc(CCNC(=O)CN(c2cccc(OC)c2)S(C)(=O)=O)c1. The van der Waals surface area contributed by atoms with Crippen LogP contribution in [0.25, 0.3) is 0 Å². The molecule has 0 aromatic heterocycles. The van der Waals surface area contributed by atoms with Crippen LogP contribution < -0.4 is 19.1 Å². The second-order valence-corrected chi connectivity index (χ2v) is 7.83. The van der Waals surface area contributed by atoms with Gasteiger partial charge in [-0.3, -0.25) is 9.10 Å². The van der Waals surface area contributed by atoms with Crippen LogP contribution >= 0.6 is 0 Å². The van der Waals surface area contributed by atoms with Crippen LogP contribution in [-0.2, 0) is 21.2 Å². The van der Waals surface area contributed by atoms with E-state index in [0.717, 1.165) is 21.9 Å². The van der Waals surface area contributed by atoms with Crippen LogP contribution in [0.3, 0.4) is 0 Å². The first-order valence-electron chi connectivity index (χ1n) is 8.35. The average molecular weight is 392 g/mol. The van der Waals surface area contributed by atoms with Crippen molar-refractivity contribution in [1.82, 2.24) is 5.32 Å². The van der Waals surface area contributed by atoms with E-state index in [1.165, 1.54) is 7.11 Å². The van der Waals surface area contributed by atoms with Crippen molar-refractivity contribution in [3.63, 3.8) is 0 Å². The predicted octanol–water partition coefficient (Wildman–Crippen LogP) is 1.83. The highest BCUT2D eigenvalue weighted by molar-refractivity contribution is 7.92. The molecular formula is C19H24N2O5S. The fraction of sp³-hybridized carbons (Fsp3) is 0.316. The largest absolute Gasteiger partial charge is 0.497 e. The maximum atomic E-state index is 12.3. The summed E-state index contributed by atoms with van der Waals surface area (Å²) in [5, 5.41) is 2.75. The van der Waals surface area contributed by atoms with Crippen LogP contribution in [0.2, 0.25) is 0 Å². The topological polar surface area (TPSA) is 84.9 Å². The van der Waals surface area contributed by atoms with Gasteiger partial charge in [-0.25, -0.2) is 8.42 Å². The van der Waals surface area contributed by atoms with Crippen LogP contribution in [-0.4, -0.2) is 47.9 Å². The third-order valence-electron chi connectivity index (χ3n) is 3.90. The molecule has 0 atom stereocenters. The van der Waals surface area contributed by atoms with Gasteiger partial charge in [0, 0.05) is 12.6 Å². The Kier molecular flexibility index (Phi) is 7.06. The van der Waals surface area contributed by atoms with E-state index in [1.807, 2.05) is 24.3 Å². The average Bonchev–Trinajstić information content (AvgIpc) is 2.65. The first-order valence-corrected chi connectivity index (χ1v) is 10.2. The Hall–Kier alpha value is -2.74. The van der Waals surface area contributed by atoms with Gasteiger partial charge >= 0.3 is 0 Å². The van der Waals surface area contributed by atoms with Crippen molar-refractivity contribution in [2.24, 2.45) is 0 Å². The summed E-state index contributed by atoms with van der Waals surface area (Å²) < 4.78 is 35.6. The lowest BCUT2D eigenvalue weighted by Gasteiger charge is -2.22. The molecule has 0 radical (unpaired) electrons. The minimum absolute atomic E-state index is 0.301. The Morgan fingerprint density at radius 2 is 1.67 bits per heavy atom. The molecule has 0 heterocycles. The summed E-state index contributed by atoms with van der Waals surface area (Å²) in [6.45, 7) is 0.0891. The molecule has 146 valence electrons. The van der Waals surface area contributed by atoms with Gasteiger partial charge in [0.15, 0.2) is 0 Å². The van der Waals surface area contributed by atoms with Gasteiger partial charge in [0.2, 0.25) is 15.9 Å². The standard InChI is InChI=1S/C19H24N2O5S/c1-25-17-8-4-6-15(12-17)10-11-20-19(22)14-21(27(3,23)24)16-7-5-9-18(13-16)26-2/h4-9,12-13H,10-11,14H2,1-3H3,(H,20,22). The van der Waals surface area contributed by atoms with Crippen molar-refractivity contribution >= 4 is 21.6 Å². The smallest absolute Gasteiger partial charge is 0.240 e. The number of nitrogens with zero attached hydrogens (tertiary/aromatic N) is 1. The van der Waals surface area contributed by atoms with Crippen molar-refractivity contribution < 1.29 is 22.7 Å². The molecule has 0 saturated heterocycles. The lowest BCUT2D eigenvalue weighted by Crippen LogP contribution is -2.40. The van der Waals surface area contributed by atoms with Crippen molar-refractivity contribution in [3.05, 3.63) is 54.1 Å². The van der Waals surface area contributed by atoms with Gasteiger partial charge in [-0.15, -0.1) is 0 Å². The molecule has 7 nitrogen and oxygen atoms in total. The lowest BCUT2D eigenvalue weighted by atomic mass is 10.1.